The van der Waals surface area contributed by atoms with Crippen molar-refractivity contribution < 1.29 is 14.9 Å². The molecule has 0 radical (unpaired) electrons. The highest BCUT2D eigenvalue weighted by molar-refractivity contribution is 4.91. The minimum atomic E-state index is 0.0547. The summed E-state index contributed by atoms with van der Waals surface area (Å²) < 4.78 is 6.82. The highest BCUT2D eigenvalue weighted by atomic mass is 16.5. The van der Waals surface area contributed by atoms with Crippen molar-refractivity contribution in [1.82, 2.24) is 20.3 Å². The molecule has 0 aromatic carbocycles. The minimum Gasteiger partial charge on any atom is -0.396 e. The van der Waals surface area contributed by atoms with Gasteiger partial charge in [-0.1, -0.05) is 5.21 Å². The predicted molar refractivity (Wildman–Crippen MR) is 61.3 cm³/mol. The smallest absolute Gasteiger partial charge is 0.0964 e. The van der Waals surface area contributed by atoms with Gasteiger partial charge in [0.1, 0.15) is 0 Å². The number of nitrogens with zero attached hydrogens (tertiary/aromatic N) is 3. The van der Waals surface area contributed by atoms with Crippen LogP contribution in [0.5, 0.6) is 0 Å². The van der Waals surface area contributed by atoms with Gasteiger partial charge < -0.3 is 20.3 Å². The Morgan fingerprint density at radius 3 is 2.94 bits per heavy atom. The van der Waals surface area contributed by atoms with Crippen LogP contribution in [0.25, 0.3) is 0 Å². The molecule has 0 saturated heterocycles. The summed E-state index contributed by atoms with van der Waals surface area (Å²) in [6.45, 7) is 3.20. The summed E-state index contributed by atoms with van der Waals surface area (Å²) in [4.78, 5) is 0. The molecule has 0 fully saturated rings. The standard InChI is InChI=1S/C10H20N4O3/c15-4-1-3-14-9-10(12-13-14)8-11-2-6-17-7-5-16/h9,11,15-16H,1-8H2. The number of nitrogens with one attached hydrogen (secondary N) is 1. The Bertz CT molecular complexity index is 293. The van der Waals surface area contributed by atoms with Crippen molar-refractivity contribution in [3.05, 3.63) is 11.9 Å². The second kappa shape index (κ2) is 9.06. The molecule has 17 heavy (non-hydrogen) atoms. The van der Waals surface area contributed by atoms with Crippen LogP contribution in [0, 0.1) is 0 Å². The van der Waals surface area contributed by atoms with Crippen LogP contribution >= 0.6 is 0 Å². The quantitative estimate of drug-likeness (QED) is 0.446. The Morgan fingerprint density at radius 1 is 1.29 bits per heavy atom. The molecule has 0 aliphatic carbocycles. The van der Waals surface area contributed by atoms with Gasteiger partial charge in [0.25, 0.3) is 0 Å². The van der Waals surface area contributed by atoms with Crippen molar-refractivity contribution in [3.8, 4) is 0 Å². The highest BCUT2D eigenvalue weighted by Crippen LogP contribution is 1.93. The first kappa shape index (κ1) is 14.0. The fourth-order valence-electron chi connectivity index (χ4n) is 1.29. The van der Waals surface area contributed by atoms with Crippen molar-refractivity contribution >= 4 is 0 Å². The third-order valence-corrected chi connectivity index (χ3v) is 2.10. The second-order valence-corrected chi connectivity index (χ2v) is 3.56. The number of aliphatic hydroxyl groups is 2. The molecule has 1 rings (SSSR count). The first-order chi connectivity index (χ1) is 8.36. The van der Waals surface area contributed by atoms with E-state index >= 15 is 0 Å². The van der Waals surface area contributed by atoms with Crippen molar-refractivity contribution in [3.63, 3.8) is 0 Å². The van der Waals surface area contributed by atoms with Gasteiger partial charge in [-0.25, -0.2) is 0 Å². The van der Waals surface area contributed by atoms with Gasteiger partial charge in [-0.05, 0) is 6.42 Å². The van der Waals surface area contributed by atoms with E-state index < -0.39 is 0 Å². The number of ether oxygens (including phenoxy) is 1. The Morgan fingerprint density at radius 2 is 2.18 bits per heavy atom. The molecule has 0 unspecified atom stereocenters. The minimum absolute atomic E-state index is 0.0547. The van der Waals surface area contributed by atoms with E-state index in [4.69, 9.17) is 14.9 Å². The van der Waals surface area contributed by atoms with Gasteiger partial charge >= 0.3 is 0 Å². The second-order valence-electron chi connectivity index (χ2n) is 3.56. The van der Waals surface area contributed by atoms with E-state index in [2.05, 4.69) is 15.6 Å². The molecule has 1 heterocycles. The SMILES string of the molecule is OCCCn1cc(CNCCOCCO)nn1. The third-order valence-electron chi connectivity index (χ3n) is 2.10. The number of hydrogen-bond acceptors (Lipinski definition) is 6. The maximum absolute atomic E-state index is 8.67. The van der Waals surface area contributed by atoms with Crippen LogP contribution in [0.3, 0.4) is 0 Å². The molecule has 1 aromatic heterocycles. The Hall–Kier alpha value is -1.02. The summed E-state index contributed by atoms with van der Waals surface area (Å²) >= 11 is 0. The number of rotatable bonds is 10. The zero-order valence-corrected chi connectivity index (χ0v) is 9.88. The number of aromatic nitrogens is 3. The van der Waals surface area contributed by atoms with Gasteiger partial charge in [0.2, 0.25) is 0 Å². The van der Waals surface area contributed by atoms with Gasteiger partial charge in [0.05, 0.1) is 25.5 Å². The molecular formula is C10H20N4O3. The fraction of sp³-hybridized carbons (Fsp3) is 0.800. The zero-order valence-electron chi connectivity index (χ0n) is 9.88. The number of aliphatic hydroxyl groups excluding tert-OH is 2. The molecule has 0 spiro atoms. The van der Waals surface area contributed by atoms with Crippen LogP contribution in [0.4, 0.5) is 0 Å². The molecule has 0 atom stereocenters. The van der Waals surface area contributed by atoms with Crippen LogP contribution in [0.15, 0.2) is 6.20 Å². The van der Waals surface area contributed by atoms with E-state index in [0.717, 1.165) is 5.69 Å². The molecule has 0 saturated carbocycles. The lowest BCUT2D eigenvalue weighted by molar-refractivity contribution is 0.0937. The van der Waals surface area contributed by atoms with Crippen molar-refractivity contribution in [2.24, 2.45) is 0 Å². The molecule has 1 aromatic rings. The number of aryl methyl sites for hydroxylation is 1. The average Bonchev–Trinajstić information content (AvgIpc) is 2.79. The van der Waals surface area contributed by atoms with Gasteiger partial charge in [0, 0.05) is 32.4 Å². The summed E-state index contributed by atoms with van der Waals surface area (Å²) in [5.74, 6) is 0. The van der Waals surface area contributed by atoms with Crippen LogP contribution in [-0.2, 0) is 17.8 Å². The first-order valence-electron chi connectivity index (χ1n) is 5.76. The molecule has 0 bridgehead atoms. The molecule has 98 valence electrons. The van der Waals surface area contributed by atoms with Gasteiger partial charge in [-0.2, -0.15) is 0 Å². The van der Waals surface area contributed by atoms with Crippen LogP contribution in [0.2, 0.25) is 0 Å². The van der Waals surface area contributed by atoms with Gasteiger partial charge in [-0.3, -0.25) is 4.68 Å². The molecule has 7 heteroatoms. The third kappa shape index (κ3) is 6.32. The van der Waals surface area contributed by atoms with Crippen molar-refractivity contribution in [1.29, 1.82) is 0 Å². The zero-order chi connectivity index (χ0) is 12.3. The lowest BCUT2D eigenvalue weighted by atomic mass is 10.4. The van der Waals surface area contributed by atoms with E-state index in [9.17, 15) is 0 Å². The summed E-state index contributed by atoms with van der Waals surface area (Å²) in [5.41, 5.74) is 0.866. The van der Waals surface area contributed by atoms with Crippen molar-refractivity contribution in [2.45, 2.75) is 19.5 Å². The summed E-state index contributed by atoms with van der Waals surface area (Å²) in [6.07, 6.45) is 2.54. The maximum Gasteiger partial charge on any atom is 0.0964 e. The van der Waals surface area contributed by atoms with Crippen LogP contribution < -0.4 is 5.32 Å². The molecule has 0 aliphatic rings. The van der Waals surface area contributed by atoms with E-state index in [1.54, 1.807) is 4.68 Å². The lowest BCUT2D eigenvalue weighted by Gasteiger charge is -2.02. The van der Waals surface area contributed by atoms with Crippen LogP contribution in [0.1, 0.15) is 12.1 Å². The molecule has 0 aliphatic heterocycles. The van der Waals surface area contributed by atoms with Crippen molar-refractivity contribution in [2.75, 3.05) is 33.0 Å². The van der Waals surface area contributed by atoms with E-state index in [-0.39, 0.29) is 13.2 Å². The van der Waals surface area contributed by atoms with E-state index in [1.807, 2.05) is 6.20 Å². The van der Waals surface area contributed by atoms with Gasteiger partial charge in [0.15, 0.2) is 0 Å². The fourth-order valence-corrected chi connectivity index (χ4v) is 1.29. The van der Waals surface area contributed by atoms with Gasteiger partial charge in [-0.15, -0.1) is 5.10 Å². The molecule has 7 nitrogen and oxygen atoms in total. The lowest BCUT2D eigenvalue weighted by Crippen LogP contribution is -2.20. The van der Waals surface area contributed by atoms with E-state index in [1.165, 1.54) is 0 Å². The first-order valence-corrected chi connectivity index (χ1v) is 5.76. The monoisotopic (exact) mass is 244 g/mol. The largest absolute Gasteiger partial charge is 0.396 e. The molecule has 0 amide bonds. The summed E-state index contributed by atoms with van der Waals surface area (Å²) in [6, 6.07) is 0. The average molecular weight is 244 g/mol. The highest BCUT2D eigenvalue weighted by Gasteiger charge is 1.99. The Kier molecular flexibility index (Phi) is 7.48. The predicted octanol–water partition coefficient (Wildman–Crippen LogP) is -1.24. The Balaban J connectivity index is 2.08. The topological polar surface area (TPSA) is 92.4 Å². The number of hydrogen-bond donors (Lipinski definition) is 3. The van der Waals surface area contributed by atoms with E-state index in [0.29, 0.717) is 39.3 Å². The summed E-state index contributed by atoms with van der Waals surface area (Å²) in [5, 5.41) is 28.2. The molecule has 3 N–H and O–H groups in total. The van der Waals surface area contributed by atoms with Crippen LogP contribution in [-0.4, -0.2) is 58.2 Å². The summed E-state index contributed by atoms with van der Waals surface area (Å²) in [7, 11) is 0. The molecular weight excluding hydrogens is 224 g/mol. The normalized spacial score (nSPS) is 10.9. The Labute approximate surface area is 100 Å². The maximum atomic E-state index is 8.67.